The van der Waals surface area contributed by atoms with Crippen LogP contribution in [0.1, 0.15) is 34.4 Å². The molecular weight excluding hydrogens is 266 g/mol. The number of aryl methyl sites for hydroxylation is 1. The summed E-state index contributed by atoms with van der Waals surface area (Å²) in [5.74, 6) is 5.82. The topological polar surface area (TPSA) is 71.5 Å². The maximum atomic E-state index is 11.6. The SMILES string of the molecule is Cc1cc(CN2c3ccccc3CC2C)oc1C(=O)NN. The van der Waals surface area contributed by atoms with Crippen molar-refractivity contribution in [3.05, 3.63) is 53.0 Å². The summed E-state index contributed by atoms with van der Waals surface area (Å²) in [6, 6.07) is 10.7. The Kier molecular flexibility index (Phi) is 3.43. The number of hydrogen-bond acceptors (Lipinski definition) is 4. The first-order valence-electron chi connectivity index (χ1n) is 7.05. The van der Waals surface area contributed by atoms with E-state index >= 15 is 0 Å². The average Bonchev–Trinajstić information content (AvgIpc) is 2.99. The van der Waals surface area contributed by atoms with Gasteiger partial charge in [0.2, 0.25) is 0 Å². The summed E-state index contributed by atoms with van der Waals surface area (Å²) in [5, 5.41) is 0. The molecule has 1 amide bonds. The molecule has 5 heteroatoms. The zero-order valence-corrected chi connectivity index (χ0v) is 12.2. The van der Waals surface area contributed by atoms with E-state index in [0.29, 0.717) is 12.6 Å². The van der Waals surface area contributed by atoms with Crippen LogP contribution in [0.4, 0.5) is 5.69 Å². The molecule has 0 aliphatic carbocycles. The summed E-state index contributed by atoms with van der Waals surface area (Å²) < 4.78 is 5.66. The molecule has 1 aliphatic heterocycles. The van der Waals surface area contributed by atoms with Gasteiger partial charge in [0.25, 0.3) is 0 Å². The molecule has 1 unspecified atom stereocenters. The molecule has 2 heterocycles. The Morgan fingerprint density at radius 1 is 1.48 bits per heavy atom. The maximum Gasteiger partial charge on any atom is 0.301 e. The van der Waals surface area contributed by atoms with Crippen molar-refractivity contribution in [3.63, 3.8) is 0 Å². The van der Waals surface area contributed by atoms with Crippen molar-refractivity contribution in [2.75, 3.05) is 4.90 Å². The van der Waals surface area contributed by atoms with Crippen LogP contribution >= 0.6 is 0 Å². The molecule has 110 valence electrons. The van der Waals surface area contributed by atoms with Gasteiger partial charge >= 0.3 is 5.91 Å². The highest BCUT2D eigenvalue weighted by Gasteiger charge is 2.27. The normalized spacial score (nSPS) is 16.9. The second-order valence-electron chi connectivity index (χ2n) is 5.51. The van der Waals surface area contributed by atoms with Gasteiger partial charge in [-0.2, -0.15) is 0 Å². The molecule has 0 saturated heterocycles. The molecule has 0 radical (unpaired) electrons. The molecule has 0 fully saturated rings. The van der Waals surface area contributed by atoms with Crippen LogP contribution < -0.4 is 16.2 Å². The number of carbonyl (C=O) groups excluding carboxylic acids is 1. The number of hydrazine groups is 1. The first-order valence-corrected chi connectivity index (χ1v) is 7.05. The number of fused-ring (bicyclic) bond motifs is 1. The van der Waals surface area contributed by atoms with Crippen molar-refractivity contribution < 1.29 is 9.21 Å². The van der Waals surface area contributed by atoms with E-state index in [1.165, 1.54) is 11.3 Å². The predicted molar refractivity (Wildman–Crippen MR) is 80.9 cm³/mol. The number of nitrogens with one attached hydrogen (secondary N) is 1. The fraction of sp³-hybridized carbons (Fsp3) is 0.312. The van der Waals surface area contributed by atoms with Crippen LogP contribution in [0.3, 0.4) is 0 Å². The fourth-order valence-corrected chi connectivity index (χ4v) is 2.96. The average molecular weight is 285 g/mol. The molecule has 3 rings (SSSR count). The molecule has 0 spiro atoms. The molecule has 3 N–H and O–H groups in total. The minimum Gasteiger partial charge on any atom is -0.454 e. The van der Waals surface area contributed by atoms with E-state index in [0.717, 1.165) is 17.7 Å². The third kappa shape index (κ3) is 2.40. The van der Waals surface area contributed by atoms with Gasteiger partial charge in [0, 0.05) is 17.3 Å². The lowest BCUT2D eigenvalue weighted by atomic mass is 10.1. The number of amides is 1. The van der Waals surface area contributed by atoms with Crippen LogP contribution in [-0.4, -0.2) is 11.9 Å². The second-order valence-corrected chi connectivity index (χ2v) is 5.51. The highest BCUT2D eigenvalue weighted by Crippen LogP contribution is 2.33. The molecule has 1 aromatic carbocycles. The van der Waals surface area contributed by atoms with Crippen LogP contribution in [0.2, 0.25) is 0 Å². The van der Waals surface area contributed by atoms with E-state index in [4.69, 9.17) is 10.3 Å². The summed E-state index contributed by atoms with van der Waals surface area (Å²) in [7, 11) is 0. The smallest absolute Gasteiger partial charge is 0.301 e. The molecule has 5 nitrogen and oxygen atoms in total. The Bertz CT molecular complexity index is 678. The van der Waals surface area contributed by atoms with Gasteiger partial charge in [0.05, 0.1) is 6.54 Å². The largest absolute Gasteiger partial charge is 0.454 e. The Morgan fingerprint density at radius 2 is 2.24 bits per heavy atom. The van der Waals surface area contributed by atoms with Crippen molar-refractivity contribution in [2.24, 2.45) is 5.84 Å². The second kappa shape index (κ2) is 5.26. The molecule has 0 saturated carbocycles. The highest BCUT2D eigenvalue weighted by atomic mass is 16.4. The number of nitrogens with zero attached hydrogens (tertiary/aromatic N) is 1. The van der Waals surface area contributed by atoms with E-state index < -0.39 is 5.91 Å². The van der Waals surface area contributed by atoms with E-state index in [1.54, 1.807) is 0 Å². The van der Waals surface area contributed by atoms with Crippen molar-refractivity contribution in [1.82, 2.24) is 5.43 Å². The van der Waals surface area contributed by atoms with Crippen molar-refractivity contribution in [2.45, 2.75) is 32.9 Å². The van der Waals surface area contributed by atoms with Gasteiger partial charge in [-0.25, -0.2) is 5.84 Å². The Labute approximate surface area is 123 Å². The standard InChI is InChI=1S/C16H19N3O2/c1-10-7-13(21-15(10)16(20)18-17)9-19-11(2)8-12-5-3-4-6-14(12)19/h3-7,11H,8-9,17H2,1-2H3,(H,18,20). The molecule has 0 bridgehead atoms. The molecule has 1 aromatic heterocycles. The summed E-state index contributed by atoms with van der Waals surface area (Å²) in [6.07, 6.45) is 1.03. The maximum absolute atomic E-state index is 11.6. The van der Waals surface area contributed by atoms with E-state index in [2.05, 4.69) is 35.4 Å². The summed E-state index contributed by atoms with van der Waals surface area (Å²) >= 11 is 0. The van der Waals surface area contributed by atoms with Gasteiger partial charge in [0.15, 0.2) is 5.76 Å². The monoisotopic (exact) mass is 285 g/mol. The predicted octanol–water partition coefficient (Wildman–Crippen LogP) is 2.14. The molecule has 1 aliphatic rings. The molecule has 1 atom stereocenters. The Balaban J connectivity index is 1.86. The fourth-order valence-electron chi connectivity index (χ4n) is 2.96. The zero-order chi connectivity index (χ0) is 15.0. The summed E-state index contributed by atoms with van der Waals surface area (Å²) in [5.41, 5.74) is 5.50. The van der Waals surface area contributed by atoms with Crippen molar-refractivity contribution in [3.8, 4) is 0 Å². The molecule has 2 aromatic rings. The number of furan rings is 1. The number of benzene rings is 1. The number of nitrogen functional groups attached to an aromatic ring is 1. The first-order chi connectivity index (χ1) is 10.1. The van der Waals surface area contributed by atoms with Crippen molar-refractivity contribution >= 4 is 11.6 Å². The minimum absolute atomic E-state index is 0.285. The van der Waals surface area contributed by atoms with Crippen LogP contribution in [0.25, 0.3) is 0 Å². The van der Waals surface area contributed by atoms with Gasteiger partial charge in [-0.1, -0.05) is 18.2 Å². The number of para-hydroxylation sites is 1. The first kappa shape index (κ1) is 13.7. The van der Waals surface area contributed by atoms with Crippen LogP contribution in [-0.2, 0) is 13.0 Å². The summed E-state index contributed by atoms with van der Waals surface area (Å²) in [4.78, 5) is 13.9. The lowest BCUT2D eigenvalue weighted by molar-refractivity contribution is 0.0923. The lowest BCUT2D eigenvalue weighted by Gasteiger charge is -2.23. The third-order valence-corrected chi connectivity index (χ3v) is 3.98. The zero-order valence-electron chi connectivity index (χ0n) is 12.2. The summed E-state index contributed by atoms with van der Waals surface area (Å²) in [6.45, 7) is 4.69. The van der Waals surface area contributed by atoms with Crippen LogP contribution in [0.15, 0.2) is 34.7 Å². The van der Waals surface area contributed by atoms with E-state index in [1.807, 2.05) is 19.1 Å². The Morgan fingerprint density at radius 3 is 3.00 bits per heavy atom. The molecular formula is C16H19N3O2. The van der Waals surface area contributed by atoms with Crippen LogP contribution in [0.5, 0.6) is 0 Å². The molecule has 21 heavy (non-hydrogen) atoms. The van der Waals surface area contributed by atoms with Gasteiger partial charge < -0.3 is 9.32 Å². The number of anilines is 1. The number of nitrogens with two attached hydrogens (primary N) is 1. The lowest BCUT2D eigenvalue weighted by Crippen LogP contribution is -2.30. The van der Waals surface area contributed by atoms with E-state index in [9.17, 15) is 4.79 Å². The number of carbonyl (C=O) groups is 1. The highest BCUT2D eigenvalue weighted by molar-refractivity contribution is 5.92. The van der Waals surface area contributed by atoms with Gasteiger partial charge in [0.1, 0.15) is 5.76 Å². The Hall–Kier alpha value is -2.27. The van der Waals surface area contributed by atoms with Crippen LogP contribution in [0, 0.1) is 6.92 Å². The van der Waals surface area contributed by atoms with Gasteiger partial charge in [-0.3, -0.25) is 10.2 Å². The van der Waals surface area contributed by atoms with Gasteiger partial charge in [-0.15, -0.1) is 0 Å². The van der Waals surface area contributed by atoms with Gasteiger partial charge in [-0.05, 0) is 38.0 Å². The quantitative estimate of drug-likeness (QED) is 0.515. The number of rotatable bonds is 3. The number of hydrogen-bond donors (Lipinski definition) is 2. The van der Waals surface area contributed by atoms with Crippen molar-refractivity contribution in [1.29, 1.82) is 0 Å². The van der Waals surface area contributed by atoms with E-state index in [-0.39, 0.29) is 5.76 Å². The third-order valence-electron chi connectivity index (χ3n) is 3.98. The minimum atomic E-state index is -0.395.